The second kappa shape index (κ2) is 8.12. The molecule has 1 aromatic heterocycles. The Labute approximate surface area is 147 Å². The lowest BCUT2D eigenvalue weighted by molar-refractivity contribution is 0.103. The Morgan fingerprint density at radius 2 is 2.08 bits per heavy atom. The van der Waals surface area contributed by atoms with Crippen molar-refractivity contribution < 1.29 is 19.4 Å². The van der Waals surface area contributed by atoms with Crippen molar-refractivity contribution in [2.75, 3.05) is 20.3 Å². The third kappa shape index (κ3) is 4.37. The van der Waals surface area contributed by atoms with Crippen molar-refractivity contribution in [1.82, 2.24) is 4.98 Å². The molecule has 1 aromatic carbocycles. The van der Waals surface area contributed by atoms with Gasteiger partial charge < -0.3 is 14.6 Å². The summed E-state index contributed by atoms with van der Waals surface area (Å²) in [7, 11) is 1.59. The molecule has 0 unspecified atom stereocenters. The van der Waals surface area contributed by atoms with E-state index in [-0.39, 0.29) is 12.4 Å². The lowest BCUT2D eigenvalue weighted by atomic mass is 10.1. The highest BCUT2D eigenvalue weighted by Gasteiger charge is 2.28. The van der Waals surface area contributed by atoms with Crippen LogP contribution >= 0.6 is 0 Å². The first kappa shape index (κ1) is 17.4. The summed E-state index contributed by atoms with van der Waals surface area (Å²) in [6, 6.07) is 10.8. The Kier molecular flexibility index (Phi) is 5.66. The normalized spacial score (nSPS) is 13.5. The van der Waals surface area contributed by atoms with Crippen LogP contribution in [0.25, 0.3) is 0 Å². The van der Waals surface area contributed by atoms with Gasteiger partial charge in [-0.3, -0.25) is 4.79 Å². The minimum absolute atomic E-state index is 0.151. The SMILES string of the molecule is COc1nc(C(=O)c2cccc(OCCCCO)c2)ccc1C1CC1. The van der Waals surface area contributed by atoms with E-state index in [0.717, 1.165) is 24.8 Å². The maximum atomic E-state index is 12.7. The highest BCUT2D eigenvalue weighted by Crippen LogP contribution is 2.43. The molecule has 1 aliphatic carbocycles. The van der Waals surface area contributed by atoms with Gasteiger partial charge in [-0.2, -0.15) is 0 Å². The number of nitrogens with zero attached hydrogens (tertiary/aromatic N) is 1. The van der Waals surface area contributed by atoms with Gasteiger partial charge in [0.1, 0.15) is 11.4 Å². The van der Waals surface area contributed by atoms with Crippen molar-refractivity contribution in [3.05, 3.63) is 53.2 Å². The fourth-order valence-corrected chi connectivity index (χ4v) is 2.73. The number of pyridine rings is 1. The van der Waals surface area contributed by atoms with Crippen molar-refractivity contribution in [3.63, 3.8) is 0 Å². The zero-order valence-electron chi connectivity index (χ0n) is 14.4. The highest BCUT2D eigenvalue weighted by molar-refractivity contribution is 6.08. The molecule has 0 aliphatic heterocycles. The van der Waals surface area contributed by atoms with Crippen LogP contribution in [0.15, 0.2) is 36.4 Å². The Bertz CT molecular complexity index is 740. The number of rotatable bonds is 9. The van der Waals surface area contributed by atoms with E-state index in [1.165, 1.54) is 0 Å². The molecule has 2 aromatic rings. The number of methoxy groups -OCH3 is 1. The lowest BCUT2D eigenvalue weighted by Gasteiger charge is -2.10. The van der Waals surface area contributed by atoms with Crippen molar-refractivity contribution in [2.45, 2.75) is 31.6 Å². The molecular formula is C20H23NO4. The van der Waals surface area contributed by atoms with E-state index in [9.17, 15) is 4.79 Å². The van der Waals surface area contributed by atoms with Gasteiger partial charge in [0.15, 0.2) is 0 Å². The molecule has 1 N–H and O–H groups in total. The number of carbonyl (C=O) groups excluding carboxylic acids is 1. The summed E-state index contributed by atoms with van der Waals surface area (Å²) in [5, 5.41) is 8.79. The first-order valence-corrected chi connectivity index (χ1v) is 8.66. The van der Waals surface area contributed by atoms with Crippen LogP contribution < -0.4 is 9.47 Å². The Morgan fingerprint density at radius 3 is 2.80 bits per heavy atom. The third-order valence-electron chi connectivity index (χ3n) is 4.25. The first-order chi connectivity index (χ1) is 12.2. The quantitative estimate of drug-likeness (QED) is 0.559. The fraction of sp³-hybridized carbons (Fsp3) is 0.400. The summed E-state index contributed by atoms with van der Waals surface area (Å²) in [5.74, 6) is 1.55. The molecule has 1 saturated carbocycles. The number of ketones is 1. The summed E-state index contributed by atoms with van der Waals surface area (Å²) in [6.45, 7) is 0.673. The molecule has 25 heavy (non-hydrogen) atoms. The number of benzene rings is 1. The van der Waals surface area contributed by atoms with Gasteiger partial charge in [-0.15, -0.1) is 0 Å². The van der Waals surface area contributed by atoms with Crippen LogP contribution in [-0.2, 0) is 0 Å². The Morgan fingerprint density at radius 1 is 1.24 bits per heavy atom. The molecule has 3 rings (SSSR count). The number of unbranched alkanes of at least 4 members (excludes halogenated alkanes) is 1. The van der Waals surface area contributed by atoms with E-state index in [1.54, 1.807) is 31.4 Å². The maximum Gasteiger partial charge on any atom is 0.217 e. The number of ether oxygens (including phenoxy) is 2. The van der Waals surface area contributed by atoms with E-state index in [4.69, 9.17) is 14.6 Å². The number of hydrogen-bond acceptors (Lipinski definition) is 5. The third-order valence-corrected chi connectivity index (χ3v) is 4.25. The highest BCUT2D eigenvalue weighted by atomic mass is 16.5. The van der Waals surface area contributed by atoms with Gasteiger partial charge in [-0.05, 0) is 49.8 Å². The molecule has 0 radical (unpaired) electrons. The number of aliphatic hydroxyl groups excluding tert-OH is 1. The van der Waals surface area contributed by atoms with E-state index < -0.39 is 0 Å². The smallest absolute Gasteiger partial charge is 0.217 e. The van der Waals surface area contributed by atoms with Crippen LogP contribution in [0.3, 0.4) is 0 Å². The van der Waals surface area contributed by atoms with Gasteiger partial charge in [-0.1, -0.05) is 18.2 Å². The molecule has 1 heterocycles. The molecule has 0 bridgehead atoms. The van der Waals surface area contributed by atoms with Crippen LogP contribution in [0.5, 0.6) is 11.6 Å². The molecule has 0 saturated heterocycles. The number of hydrogen-bond donors (Lipinski definition) is 1. The lowest BCUT2D eigenvalue weighted by Crippen LogP contribution is -2.07. The van der Waals surface area contributed by atoms with E-state index in [2.05, 4.69) is 4.98 Å². The van der Waals surface area contributed by atoms with Crippen molar-refractivity contribution >= 4 is 5.78 Å². The Hall–Kier alpha value is -2.40. The monoisotopic (exact) mass is 341 g/mol. The van der Waals surface area contributed by atoms with Gasteiger partial charge in [0.2, 0.25) is 11.7 Å². The largest absolute Gasteiger partial charge is 0.494 e. The molecule has 5 heteroatoms. The predicted molar refractivity (Wildman–Crippen MR) is 94.5 cm³/mol. The number of carbonyl (C=O) groups is 1. The molecule has 0 spiro atoms. The summed E-state index contributed by atoms with van der Waals surface area (Å²) in [5.41, 5.74) is 1.99. The van der Waals surface area contributed by atoms with E-state index in [0.29, 0.717) is 41.8 Å². The van der Waals surface area contributed by atoms with Crippen LogP contribution in [0.4, 0.5) is 0 Å². The van der Waals surface area contributed by atoms with Crippen molar-refractivity contribution in [2.24, 2.45) is 0 Å². The van der Waals surface area contributed by atoms with Gasteiger partial charge in [-0.25, -0.2) is 4.98 Å². The van der Waals surface area contributed by atoms with E-state index in [1.807, 2.05) is 12.1 Å². The zero-order valence-corrected chi connectivity index (χ0v) is 14.4. The van der Waals surface area contributed by atoms with Crippen molar-refractivity contribution in [3.8, 4) is 11.6 Å². The Balaban J connectivity index is 1.74. The maximum absolute atomic E-state index is 12.7. The molecule has 0 atom stereocenters. The van der Waals surface area contributed by atoms with Gasteiger partial charge in [0, 0.05) is 17.7 Å². The second-order valence-electron chi connectivity index (χ2n) is 6.21. The molecule has 1 fully saturated rings. The van der Waals surface area contributed by atoms with Crippen LogP contribution in [0.2, 0.25) is 0 Å². The van der Waals surface area contributed by atoms with Gasteiger partial charge in [0.05, 0.1) is 13.7 Å². The summed E-state index contributed by atoms with van der Waals surface area (Å²) >= 11 is 0. The average Bonchev–Trinajstić information content (AvgIpc) is 3.49. The fourth-order valence-electron chi connectivity index (χ4n) is 2.73. The van der Waals surface area contributed by atoms with Crippen LogP contribution in [0.1, 0.15) is 53.2 Å². The predicted octanol–water partition coefficient (Wildman–Crippen LogP) is 3.35. The van der Waals surface area contributed by atoms with Crippen LogP contribution in [0, 0.1) is 0 Å². The summed E-state index contributed by atoms with van der Waals surface area (Å²) in [6.07, 6.45) is 3.79. The van der Waals surface area contributed by atoms with Gasteiger partial charge >= 0.3 is 0 Å². The zero-order chi connectivity index (χ0) is 17.6. The standard InChI is InChI=1S/C20H23NO4/c1-24-20-17(14-7-8-14)9-10-18(21-20)19(23)15-5-4-6-16(13-15)25-12-3-2-11-22/h4-6,9-10,13-14,22H,2-3,7-8,11-12H2,1H3. The van der Waals surface area contributed by atoms with Gasteiger partial charge in [0.25, 0.3) is 0 Å². The molecule has 132 valence electrons. The van der Waals surface area contributed by atoms with E-state index >= 15 is 0 Å². The topological polar surface area (TPSA) is 68.7 Å². The number of aliphatic hydroxyl groups is 1. The minimum Gasteiger partial charge on any atom is -0.494 e. The average molecular weight is 341 g/mol. The molecule has 5 nitrogen and oxygen atoms in total. The second-order valence-corrected chi connectivity index (χ2v) is 6.21. The van der Waals surface area contributed by atoms with Crippen molar-refractivity contribution in [1.29, 1.82) is 0 Å². The molecule has 1 aliphatic rings. The number of aromatic nitrogens is 1. The summed E-state index contributed by atoms with van der Waals surface area (Å²) in [4.78, 5) is 17.1. The minimum atomic E-state index is -0.151. The molecule has 0 amide bonds. The summed E-state index contributed by atoms with van der Waals surface area (Å²) < 4.78 is 11.0. The van der Waals surface area contributed by atoms with Crippen LogP contribution in [-0.4, -0.2) is 36.2 Å². The molecular weight excluding hydrogens is 318 g/mol. The first-order valence-electron chi connectivity index (χ1n) is 8.66.